The van der Waals surface area contributed by atoms with Crippen LogP contribution in [0.4, 0.5) is 0 Å². The van der Waals surface area contributed by atoms with Gasteiger partial charge in [-0.1, -0.05) is 33.6 Å². The van der Waals surface area contributed by atoms with Crippen molar-refractivity contribution in [1.29, 1.82) is 0 Å². The Morgan fingerprint density at radius 2 is 1.86 bits per heavy atom. The lowest BCUT2D eigenvalue weighted by Crippen LogP contribution is -2.29. The van der Waals surface area contributed by atoms with Crippen molar-refractivity contribution < 1.29 is 0 Å². The van der Waals surface area contributed by atoms with Gasteiger partial charge in [-0.25, -0.2) is 0 Å². The van der Waals surface area contributed by atoms with Crippen molar-refractivity contribution in [2.45, 2.75) is 52.9 Å². The standard InChI is InChI=1S/C14H24/c1-9(2)6-7-10(3)14-8-4-5-11-12(14)13(11)14/h9-13H,4-8H2,1-3H3. The van der Waals surface area contributed by atoms with Crippen LogP contribution >= 0.6 is 0 Å². The lowest BCUT2D eigenvalue weighted by molar-refractivity contribution is 0.118. The zero-order valence-electron chi connectivity index (χ0n) is 9.92. The van der Waals surface area contributed by atoms with E-state index >= 15 is 0 Å². The monoisotopic (exact) mass is 192 g/mol. The summed E-state index contributed by atoms with van der Waals surface area (Å²) in [5, 5.41) is 0. The minimum Gasteiger partial charge on any atom is -0.0628 e. The molecular formula is C14H24. The number of fused-ring (bicyclic) bond motifs is 2. The van der Waals surface area contributed by atoms with Crippen molar-refractivity contribution in [2.75, 3.05) is 0 Å². The fourth-order valence-corrected chi connectivity index (χ4v) is 4.67. The number of hydrogen-bond acceptors (Lipinski definition) is 0. The summed E-state index contributed by atoms with van der Waals surface area (Å²) in [7, 11) is 0. The molecule has 3 rings (SSSR count). The molecule has 14 heavy (non-hydrogen) atoms. The fraction of sp³-hybridized carbons (Fsp3) is 1.00. The lowest BCUT2D eigenvalue weighted by atomic mass is 9.67. The van der Waals surface area contributed by atoms with E-state index in [4.69, 9.17) is 0 Å². The Bertz CT molecular complexity index is 230. The highest BCUT2D eigenvalue weighted by Gasteiger charge is 2.84. The second-order valence-corrected chi connectivity index (χ2v) is 6.59. The predicted octanol–water partition coefficient (Wildman–Crippen LogP) is 4.10. The third-order valence-electron chi connectivity index (χ3n) is 5.54. The molecule has 0 amide bonds. The highest BCUT2D eigenvalue weighted by Crippen LogP contribution is 2.89. The maximum atomic E-state index is 2.54. The Hall–Kier alpha value is 0. The molecule has 0 heterocycles. The van der Waals surface area contributed by atoms with Gasteiger partial charge in [-0.2, -0.15) is 0 Å². The van der Waals surface area contributed by atoms with E-state index in [2.05, 4.69) is 20.8 Å². The summed E-state index contributed by atoms with van der Waals surface area (Å²) in [4.78, 5) is 0. The van der Waals surface area contributed by atoms with Crippen LogP contribution in [0.15, 0.2) is 0 Å². The van der Waals surface area contributed by atoms with E-state index < -0.39 is 0 Å². The first-order chi connectivity index (χ1) is 6.68. The lowest BCUT2D eigenvalue weighted by Gasteiger charge is -2.37. The van der Waals surface area contributed by atoms with Gasteiger partial charge in [0, 0.05) is 0 Å². The molecule has 0 aromatic heterocycles. The maximum Gasteiger partial charge on any atom is -0.0204 e. The quantitative estimate of drug-likeness (QED) is 0.629. The van der Waals surface area contributed by atoms with Gasteiger partial charge in [0.2, 0.25) is 0 Å². The van der Waals surface area contributed by atoms with Gasteiger partial charge in [0.25, 0.3) is 0 Å². The zero-order chi connectivity index (χ0) is 9.92. The minimum atomic E-state index is 0.901. The minimum absolute atomic E-state index is 0.901. The molecule has 0 nitrogen and oxygen atoms in total. The molecule has 0 spiro atoms. The number of rotatable bonds is 4. The highest BCUT2D eigenvalue weighted by atomic mass is 14.9. The van der Waals surface area contributed by atoms with Gasteiger partial charge in [0.15, 0.2) is 0 Å². The SMILES string of the molecule is CC(C)CCC(C)C12CCCC3C1C32. The summed E-state index contributed by atoms with van der Waals surface area (Å²) in [6, 6.07) is 0. The van der Waals surface area contributed by atoms with Crippen LogP contribution < -0.4 is 0 Å². The summed E-state index contributed by atoms with van der Waals surface area (Å²) in [6.45, 7) is 7.26. The Balaban J connectivity index is 1.56. The van der Waals surface area contributed by atoms with Gasteiger partial charge in [-0.3, -0.25) is 0 Å². The highest BCUT2D eigenvalue weighted by molar-refractivity contribution is 5.31. The van der Waals surface area contributed by atoms with E-state index in [0.29, 0.717) is 0 Å². The third-order valence-corrected chi connectivity index (χ3v) is 5.54. The van der Waals surface area contributed by atoms with E-state index in [1.165, 1.54) is 30.6 Å². The average Bonchev–Trinajstić information content (AvgIpc) is 3.04. The molecule has 0 bridgehead atoms. The molecule has 3 aliphatic carbocycles. The Morgan fingerprint density at radius 3 is 2.43 bits per heavy atom. The predicted molar refractivity (Wildman–Crippen MR) is 60.0 cm³/mol. The topological polar surface area (TPSA) is 0 Å². The Morgan fingerprint density at radius 1 is 1.14 bits per heavy atom. The van der Waals surface area contributed by atoms with E-state index in [0.717, 1.165) is 17.3 Å². The second-order valence-electron chi connectivity index (χ2n) is 6.59. The molecule has 3 fully saturated rings. The van der Waals surface area contributed by atoms with Gasteiger partial charge < -0.3 is 0 Å². The van der Waals surface area contributed by atoms with Crippen LogP contribution in [0.3, 0.4) is 0 Å². The zero-order valence-corrected chi connectivity index (χ0v) is 9.92. The van der Waals surface area contributed by atoms with Gasteiger partial charge >= 0.3 is 0 Å². The van der Waals surface area contributed by atoms with E-state index in [-0.39, 0.29) is 0 Å². The van der Waals surface area contributed by atoms with Crippen molar-refractivity contribution >= 4 is 0 Å². The summed E-state index contributed by atoms with van der Waals surface area (Å²) in [6.07, 6.45) is 7.65. The van der Waals surface area contributed by atoms with E-state index in [1.807, 2.05) is 0 Å². The smallest absolute Gasteiger partial charge is 0.0204 e. The largest absolute Gasteiger partial charge is 0.0628 e. The van der Waals surface area contributed by atoms with E-state index in [1.54, 1.807) is 19.3 Å². The van der Waals surface area contributed by atoms with Crippen LogP contribution in [0.2, 0.25) is 0 Å². The van der Waals surface area contributed by atoms with Crippen LogP contribution in [0, 0.1) is 35.0 Å². The van der Waals surface area contributed by atoms with Crippen LogP contribution in [-0.2, 0) is 0 Å². The molecule has 3 aliphatic rings. The maximum absolute atomic E-state index is 2.54. The van der Waals surface area contributed by atoms with Gasteiger partial charge in [0.05, 0.1) is 0 Å². The molecule has 3 atom stereocenters. The second kappa shape index (κ2) is 2.77. The van der Waals surface area contributed by atoms with Gasteiger partial charge in [-0.05, 0) is 54.3 Å². The average molecular weight is 192 g/mol. The fourth-order valence-electron chi connectivity index (χ4n) is 4.67. The summed E-state index contributed by atoms with van der Waals surface area (Å²) >= 11 is 0. The van der Waals surface area contributed by atoms with Crippen LogP contribution in [0.5, 0.6) is 0 Å². The molecule has 0 saturated heterocycles. The van der Waals surface area contributed by atoms with Crippen molar-refractivity contribution in [3.8, 4) is 0 Å². The summed E-state index contributed by atoms with van der Waals surface area (Å²) in [5.74, 6) is 5.60. The normalized spacial score (nSPS) is 50.1. The molecular weight excluding hydrogens is 168 g/mol. The summed E-state index contributed by atoms with van der Waals surface area (Å²) < 4.78 is 0. The first-order valence-corrected chi connectivity index (χ1v) is 6.68. The molecule has 0 aromatic carbocycles. The van der Waals surface area contributed by atoms with Crippen LogP contribution in [0.1, 0.15) is 52.9 Å². The van der Waals surface area contributed by atoms with Crippen molar-refractivity contribution in [2.24, 2.45) is 35.0 Å². The van der Waals surface area contributed by atoms with Crippen molar-refractivity contribution in [3.63, 3.8) is 0 Å². The number of hydrogen-bond donors (Lipinski definition) is 0. The Labute approximate surface area is 88.5 Å². The van der Waals surface area contributed by atoms with Crippen LogP contribution in [-0.4, -0.2) is 0 Å². The van der Waals surface area contributed by atoms with Crippen LogP contribution in [0.25, 0.3) is 0 Å². The first-order valence-electron chi connectivity index (χ1n) is 6.68. The molecule has 0 aliphatic heterocycles. The van der Waals surface area contributed by atoms with E-state index in [9.17, 15) is 0 Å². The summed E-state index contributed by atoms with van der Waals surface area (Å²) in [5.41, 5.74) is 0.901. The molecule has 3 unspecified atom stereocenters. The molecule has 3 saturated carbocycles. The van der Waals surface area contributed by atoms with Gasteiger partial charge in [0.1, 0.15) is 0 Å². The first kappa shape index (κ1) is 9.24. The molecule has 0 radical (unpaired) electrons. The van der Waals surface area contributed by atoms with Crippen molar-refractivity contribution in [1.82, 2.24) is 0 Å². The molecule has 80 valence electrons. The molecule has 0 heteroatoms. The third kappa shape index (κ3) is 1.01. The Kier molecular flexibility index (Phi) is 1.83. The molecule has 0 aromatic rings. The van der Waals surface area contributed by atoms with Crippen molar-refractivity contribution in [3.05, 3.63) is 0 Å². The molecule has 0 N–H and O–H groups in total. The van der Waals surface area contributed by atoms with Gasteiger partial charge in [-0.15, -0.1) is 0 Å².